The molecule has 1 heterocycles. The predicted molar refractivity (Wildman–Crippen MR) is 67.5 cm³/mol. The van der Waals surface area contributed by atoms with Crippen molar-refractivity contribution in [2.24, 2.45) is 0 Å². The lowest BCUT2D eigenvalue weighted by molar-refractivity contribution is 0.0704. The molecule has 3 nitrogen and oxygen atoms in total. The second kappa shape index (κ2) is 5.14. The summed E-state index contributed by atoms with van der Waals surface area (Å²) in [7, 11) is 0. The number of nitrogens with zero attached hydrogens (tertiary/aromatic N) is 1. The highest BCUT2D eigenvalue weighted by molar-refractivity contribution is 9.10. The van der Waals surface area contributed by atoms with Gasteiger partial charge in [-0.25, -0.2) is 4.39 Å². The molecule has 0 aliphatic carbocycles. The maximum atomic E-state index is 13.7. The quantitative estimate of drug-likeness (QED) is 0.861. The van der Waals surface area contributed by atoms with Gasteiger partial charge in [-0.1, -0.05) is 15.9 Å². The van der Waals surface area contributed by atoms with Gasteiger partial charge in [-0.2, -0.15) is 0 Å². The van der Waals surface area contributed by atoms with E-state index in [9.17, 15) is 9.18 Å². The Balaban J connectivity index is 2.18. The number of hydrogen-bond acceptors (Lipinski definition) is 2. The Bertz CT molecular complexity index is 439. The van der Waals surface area contributed by atoms with Crippen LogP contribution in [0.1, 0.15) is 17.3 Å². The van der Waals surface area contributed by atoms with Gasteiger partial charge < -0.3 is 10.2 Å². The van der Waals surface area contributed by atoms with Crippen molar-refractivity contribution in [1.29, 1.82) is 0 Å². The van der Waals surface area contributed by atoms with E-state index in [0.717, 1.165) is 6.54 Å². The lowest BCUT2D eigenvalue weighted by Crippen LogP contribution is -2.51. The van der Waals surface area contributed by atoms with Crippen LogP contribution in [-0.4, -0.2) is 36.5 Å². The van der Waals surface area contributed by atoms with Gasteiger partial charge in [-0.3, -0.25) is 4.79 Å². The van der Waals surface area contributed by atoms with Gasteiger partial charge in [0.25, 0.3) is 5.91 Å². The first-order chi connectivity index (χ1) is 8.08. The Morgan fingerprint density at radius 1 is 1.59 bits per heavy atom. The minimum atomic E-state index is -0.476. The molecule has 1 aromatic carbocycles. The Hall–Kier alpha value is -0.940. The van der Waals surface area contributed by atoms with Gasteiger partial charge >= 0.3 is 0 Å². The fraction of sp³-hybridized carbons (Fsp3) is 0.417. The first-order valence-electron chi connectivity index (χ1n) is 5.55. The smallest absolute Gasteiger partial charge is 0.256 e. The SMILES string of the molecule is C[C@H]1CN(C(=O)c2ccc(Br)cc2F)CCN1. The number of carbonyl (C=O) groups is 1. The summed E-state index contributed by atoms with van der Waals surface area (Å²) in [6, 6.07) is 4.78. The van der Waals surface area contributed by atoms with Crippen LogP contribution in [0.15, 0.2) is 22.7 Å². The molecule has 0 saturated carbocycles. The summed E-state index contributed by atoms with van der Waals surface area (Å²) in [5.74, 6) is -0.709. The monoisotopic (exact) mass is 300 g/mol. The number of nitrogens with one attached hydrogen (secondary N) is 1. The lowest BCUT2D eigenvalue weighted by atomic mass is 10.1. The molecule has 0 spiro atoms. The molecule has 0 unspecified atom stereocenters. The molecule has 1 aliphatic rings. The second-order valence-corrected chi connectivity index (χ2v) is 5.15. The Labute approximate surface area is 108 Å². The van der Waals surface area contributed by atoms with Crippen molar-refractivity contribution in [3.63, 3.8) is 0 Å². The maximum Gasteiger partial charge on any atom is 0.256 e. The van der Waals surface area contributed by atoms with Gasteiger partial charge in [0.2, 0.25) is 0 Å². The van der Waals surface area contributed by atoms with E-state index in [1.807, 2.05) is 6.92 Å². The van der Waals surface area contributed by atoms with Gasteiger partial charge in [0.15, 0.2) is 0 Å². The summed E-state index contributed by atoms with van der Waals surface area (Å²) in [6.07, 6.45) is 0. The zero-order valence-corrected chi connectivity index (χ0v) is 11.1. The molecule has 92 valence electrons. The van der Waals surface area contributed by atoms with E-state index in [1.54, 1.807) is 11.0 Å². The Morgan fingerprint density at radius 3 is 3.00 bits per heavy atom. The van der Waals surface area contributed by atoms with Gasteiger partial charge in [0.05, 0.1) is 5.56 Å². The highest BCUT2D eigenvalue weighted by atomic mass is 79.9. The molecule has 1 amide bonds. The van der Waals surface area contributed by atoms with E-state index in [0.29, 0.717) is 17.6 Å². The first-order valence-corrected chi connectivity index (χ1v) is 6.35. The zero-order chi connectivity index (χ0) is 12.4. The highest BCUT2D eigenvalue weighted by Gasteiger charge is 2.23. The second-order valence-electron chi connectivity index (χ2n) is 4.23. The molecule has 1 N–H and O–H groups in total. The molecule has 0 aromatic heterocycles. The predicted octanol–water partition coefficient (Wildman–Crippen LogP) is 2.02. The average Bonchev–Trinajstić information content (AvgIpc) is 2.28. The number of halogens is 2. The summed E-state index contributed by atoms with van der Waals surface area (Å²) < 4.78 is 14.3. The minimum Gasteiger partial charge on any atom is -0.336 e. The van der Waals surface area contributed by atoms with Gasteiger partial charge in [-0.05, 0) is 25.1 Å². The maximum absolute atomic E-state index is 13.7. The van der Waals surface area contributed by atoms with Crippen LogP contribution in [0.2, 0.25) is 0 Å². The molecule has 5 heteroatoms. The third kappa shape index (κ3) is 2.84. The molecule has 0 radical (unpaired) electrons. The van der Waals surface area contributed by atoms with Crippen LogP contribution in [0.3, 0.4) is 0 Å². The van der Waals surface area contributed by atoms with E-state index in [1.165, 1.54) is 12.1 Å². The molecular formula is C12H14BrFN2O. The topological polar surface area (TPSA) is 32.3 Å². The number of benzene rings is 1. The number of hydrogen-bond donors (Lipinski definition) is 1. The van der Waals surface area contributed by atoms with E-state index in [-0.39, 0.29) is 17.5 Å². The van der Waals surface area contributed by atoms with Crippen molar-refractivity contribution in [3.8, 4) is 0 Å². The fourth-order valence-corrected chi connectivity index (χ4v) is 2.28. The number of rotatable bonds is 1. The van der Waals surface area contributed by atoms with Crippen molar-refractivity contribution in [1.82, 2.24) is 10.2 Å². The molecule has 1 saturated heterocycles. The summed E-state index contributed by atoms with van der Waals surface area (Å²) >= 11 is 3.18. The van der Waals surface area contributed by atoms with Crippen LogP contribution in [0.5, 0.6) is 0 Å². The Morgan fingerprint density at radius 2 is 2.35 bits per heavy atom. The third-order valence-corrected chi connectivity index (χ3v) is 3.31. The average molecular weight is 301 g/mol. The lowest BCUT2D eigenvalue weighted by Gasteiger charge is -2.32. The van der Waals surface area contributed by atoms with E-state index >= 15 is 0 Å². The van der Waals surface area contributed by atoms with E-state index in [2.05, 4.69) is 21.2 Å². The number of carbonyl (C=O) groups excluding carboxylic acids is 1. The van der Waals surface area contributed by atoms with E-state index in [4.69, 9.17) is 0 Å². The van der Waals surface area contributed by atoms with Gasteiger partial charge in [-0.15, -0.1) is 0 Å². The molecule has 0 bridgehead atoms. The molecular weight excluding hydrogens is 287 g/mol. The summed E-state index contributed by atoms with van der Waals surface area (Å²) in [4.78, 5) is 13.8. The number of amides is 1. The van der Waals surface area contributed by atoms with Crippen LogP contribution in [0, 0.1) is 5.82 Å². The standard InChI is InChI=1S/C12H14BrFN2O/c1-8-7-16(5-4-15-8)12(17)10-3-2-9(13)6-11(10)14/h2-3,6,8,15H,4-5,7H2,1H3/t8-/m0/s1. The number of piperazine rings is 1. The molecule has 17 heavy (non-hydrogen) atoms. The van der Waals surface area contributed by atoms with Crippen LogP contribution in [-0.2, 0) is 0 Å². The van der Waals surface area contributed by atoms with Crippen LogP contribution in [0.4, 0.5) is 4.39 Å². The van der Waals surface area contributed by atoms with Crippen molar-refractivity contribution < 1.29 is 9.18 Å². The first kappa shape index (κ1) is 12.5. The van der Waals surface area contributed by atoms with Crippen molar-refractivity contribution in [2.75, 3.05) is 19.6 Å². The molecule has 1 aromatic rings. The van der Waals surface area contributed by atoms with Crippen molar-refractivity contribution in [2.45, 2.75) is 13.0 Å². The van der Waals surface area contributed by atoms with Gasteiger partial charge in [0, 0.05) is 30.1 Å². The summed E-state index contributed by atoms with van der Waals surface area (Å²) in [6.45, 7) is 4.01. The fourth-order valence-electron chi connectivity index (χ4n) is 1.95. The normalized spacial score (nSPS) is 20.4. The third-order valence-electron chi connectivity index (χ3n) is 2.82. The molecule has 1 fully saturated rings. The van der Waals surface area contributed by atoms with Crippen LogP contribution >= 0.6 is 15.9 Å². The van der Waals surface area contributed by atoms with Gasteiger partial charge in [0.1, 0.15) is 5.82 Å². The van der Waals surface area contributed by atoms with E-state index < -0.39 is 5.82 Å². The highest BCUT2D eigenvalue weighted by Crippen LogP contribution is 2.17. The molecule has 1 atom stereocenters. The molecule has 1 aliphatic heterocycles. The van der Waals surface area contributed by atoms with Crippen LogP contribution in [0.25, 0.3) is 0 Å². The summed E-state index contributed by atoms with van der Waals surface area (Å²) in [5.41, 5.74) is 0.141. The Kier molecular flexibility index (Phi) is 3.79. The summed E-state index contributed by atoms with van der Waals surface area (Å²) in [5, 5.41) is 3.25. The van der Waals surface area contributed by atoms with Crippen LogP contribution < -0.4 is 5.32 Å². The van der Waals surface area contributed by atoms with Crippen molar-refractivity contribution >= 4 is 21.8 Å². The zero-order valence-electron chi connectivity index (χ0n) is 9.54. The molecule has 2 rings (SSSR count). The minimum absolute atomic E-state index is 0.141. The van der Waals surface area contributed by atoms with Crippen molar-refractivity contribution in [3.05, 3.63) is 34.1 Å². The largest absolute Gasteiger partial charge is 0.336 e.